The average molecular weight is 252 g/mol. The first-order chi connectivity index (χ1) is 8.56. The third-order valence-electron chi connectivity index (χ3n) is 3.48. The number of hydrogen-bond donors (Lipinski definition) is 1. The fraction of sp³-hybridized carbons (Fsp3) is 0.538. The third-order valence-corrected chi connectivity index (χ3v) is 3.48. The van der Waals surface area contributed by atoms with E-state index in [1.54, 1.807) is 0 Å². The maximum atomic E-state index is 13.6. The first-order valence-corrected chi connectivity index (χ1v) is 6.26. The molecule has 0 heterocycles. The van der Waals surface area contributed by atoms with E-state index in [0.717, 1.165) is 18.4 Å². The van der Waals surface area contributed by atoms with Crippen molar-refractivity contribution in [2.24, 2.45) is 5.92 Å². The van der Waals surface area contributed by atoms with E-state index in [-0.39, 0.29) is 11.7 Å². The van der Waals surface area contributed by atoms with Gasteiger partial charge in [0.1, 0.15) is 0 Å². The SMILES string of the molecule is CC(CC1CCC1)Nc1ccc([N+](=O)[O-])cc1F. The highest BCUT2D eigenvalue weighted by atomic mass is 19.1. The molecule has 1 aliphatic rings. The highest BCUT2D eigenvalue weighted by molar-refractivity contribution is 5.50. The highest BCUT2D eigenvalue weighted by Crippen LogP contribution is 2.31. The van der Waals surface area contributed by atoms with Crippen LogP contribution in [0, 0.1) is 21.8 Å². The van der Waals surface area contributed by atoms with Gasteiger partial charge in [-0.15, -0.1) is 0 Å². The summed E-state index contributed by atoms with van der Waals surface area (Å²) in [4.78, 5) is 9.90. The number of nitrogens with zero attached hydrogens (tertiary/aromatic N) is 1. The van der Waals surface area contributed by atoms with Gasteiger partial charge in [-0.25, -0.2) is 4.39 Å². The summed E-state index contributed by atoms with van der Waals surface area (Å²) in [5.74, 6) is 0.179. The fourth-order valence-electron chi connectivity index (χ4n) is 2.29. The van der Waals surface area contributed by atoms with Crippen molar-refractivity contribution in [2.75, 3.05) is 5.32 Å². The number of nitrogens with one attached hydrogen (secondary N) is 1. The molecule has 0 radical (unpaired) electrons. The van der Waals surface area contributed by atoms with Crippen LogP contribution >= 0.6 is 0 Å². The van der Waals surface area contributed by atoms with Crippen LogP contribution in [0.4, 0.5) is 15.8 Å². The molecule has 4 nitrogen and oxygen atoms in total. The maximum absolute atomic E-state index is 13.6. The molecule has 1 unspecified atom stereocenters. The Morgan fingerprint density at radius 1 is 1.56 bits per heavy atom. The number of halogens is 1. The molecule has 1 atom stereocenters. The molecule has 1 N–H and O–H groups in total. The van der Waals surface area contributed by atoms with Gasteiger partial charge in [-0.1, -0.05) is 19.3 Å². The van der Waals surface area contributed by atoms with Crippen LogP contribution in [-0.4, -0.2) is 11.0 Å². The van der Waals surface area contributed by atoms with Crippen molar-refractivity contribution >= 4 is 11.4 Å². The molecule has 0 amide bonds. The molecule has 1 aliphatic carbocycles. The zero-order valence-electron chi connectivity index (χ0n) is 10.4. The Morgan fingerprint density at radius 3 is 2.78 bits per heavy atom. The van der Waals surface area contributed by atoms with Crippen molar-refractivity contribution in [2.45, 2.75) is 38.6 Å². The Balaban J connectivity index is 1.97. The average Bonchev–Trinajstić information content (AvgIpc) is 2.26. The van der Waals surface area contributed by atoms with Crippen LogP contribution < -0.4 is 5.32 Å². The van der Waals surface area contributed by atoms with Gasteiger partial charge in [-0.2, -0.15) is 0 Å². The van der Waals surface area contributed by atoms with Crippen molar-refractivity contribution in [1.82, 2.24) is 0 Å². The second-order valence-corrected chi connectivity index (χ2v) is 5.00. The summed E-state index contributed by atoms with van der Waals surface area (Å²) in [6, 6.07) is 3.90. The van der Waals surface area contributed by atoms with E-state index in [1.807, 2.05) is 6.92 Å². The van der Waals surface area contributed by atoms with Gasteiger partial charge in [0.2, 0.25) is 0 Å². The summed E-state index contributed by atoms with van der Waals surface area (Å²) in [6.07, 6.45) is 4.84. The van der Waals surface area contributed by atoms with Crippen molar-refractivity contribution in [3.8, 4) is 0 Å². The van der Waals surface area contributed by atoms with Crippen LogP contribution in [-0.2, 0) is 0 Å². The van der Waals surface area contributed by atoms with Crippen molar-refractivity contribution in [3.05, 3.63) is 34.1 Å². The van der Waals surface area contributed by atoms with Gasteiger partial charge in [-0.3, -0.25) is 10.1 Å². The predicted octanol–water partition coefficient (Wildman–Crippen LogP) is 3.72. The zero-order chi connectivity index (χ0) is 13.1. The van der Waals surface area contributed by atoms with Gasteiger partial charge in [-0.05, 0) is 25.3 Å². The van der Waals surface area contributed by atoms with Crippen LogP contribution in [0.25, 0.3) is 0 Å². The number of benzene rings is 1. The van der Waals surface area contributed by atoms with E-state index in [0.29, 0.717) is 5.69 Å². The van der Waals surface area contributed by atoms with E-state index in [9.17, 15) is 14.5 Å². The second-order valence-electron chi connectivity index (χ2n) is 5.00. The quantitative estimate of drug-likeness (QED) is 0.641. The van der Waals surface area contributed by atoms with Crippen LogP contribution in [0.15, 0.2) is 18.2 Å². The van der Waals surface area contributed by atoms with E-state index in [4.69, 9.17) is 0 Å². The molecule has 0 spiro atoms. The zero-order valence-corrected chi connectivity index (χ0v) is 10.4. The summed E-state index contributed by atoms with van der Waals surface area (Å²) in [6.45, 7) is 2.01. The highest BCUT2D eigenvalue weighted by Gasteiger charge is 2.20. The van der Waals surface area contributed by atoms with Crippen LogP contribution in [0.3, 0.4) is 0 Å². The van der Waals surface area contributed by atoms with E-state index >= 15 is 0 Å². The van der Waals surface area contributed by atoms with Crippen LogP contribution in [0.2, 0.25) is 0 Å². The number of nitro benzene ring substituents is 1. The Kier molecular flexibility index (Phi) is 3.79. The maximum Gasteiger partial charge on any atom is 0.272 e. The monoisotopic (exact) mass is 252 g/mol. The molecule has 2 rings (SSSR count). The lowest BCUT2D eigenvalue weighted by molar-refractivity contribution is -0.385. The lowest BCUT2D eigenvalue weighted by atomic mass is 9.81. The minimum Gasteiger partial charge on any atom is -0.380 e. The smallest absolute Gasteiger partial charge is 0.272 e. The molecule has 1 aromatic carbocycles. The Hall–Kier alpha value is -1.65. The topological polar surface area (TPSA) is 55.2 Å². The normalized spacial score (nSPS) is 17.0. The first-order valence-electron chi connectivity index (χ1n) is 6.26. The fourth-order valence-corrected chi connectivity index (χ4v) is 2.29. The van der Waals surface area contributed by atoms with Crippen molar-refractivity contribution in [1.29, 1.82) is 0 Å². The van der Waals surface area contributed by atoms with E-state index in [2.05, 4.69) is 5.32 Å². The van der Waals surface area contributed by atoms with Gasteiger partial charge in [0.05, 0.1) is 16.7 Å². The number of nitro groups is 1. The molecule has 0 bridgehead atoms. The predicted molar refractivity (Wildman–Crippen MR) is 68.1 cm³/mol. The lowest BCUT2D eigenvalue weighted by Crippen LogP contribution is -2.23. The van der Waals surface area contributed by atoms with Gasteiger partial charge in [0, 0.05) is 12.1 Å². The molecule has 1 aromatic rings. The summed E-state index contributed by atoms with van der Waals surface area (Å²) in [5, 5.41) is 13.6. The Morgan fingerprint density at radius 2 is 2.28 bits per heavy atom. The molecular weight excluding hydrogens is 235 g/mol. The largest absolute Gasteiger partial charge is 0.380 e. The second kappa shape index (κ2) is 5.33. The number of non-ortho nitro benzene ring substituents is 1. The lowest BCUT2D eigenvalue weighted by Gasteiger charge is -2.28. The minimum absolute atomic E-state index is 0.186. The third kappa shape index (κ3) is 2.97. The summed E-state index contributed by atoms with van der Waals surface area (Å²) in [7, 11) is 0. The number of anilines is 1. The van der Waals surface area contributed by atoms with Gasteiger partial charge in [0.15, 0.2) is 5.82 Å². The molecular formula is C13H17FN2O2. The molecule has 1 saturated carbocycles. The van der Waals surface area contributed by atoms with Gasteiger partial charge >= 0.3 is 0 Å². The molecule has 1 fully saturated rings. The molecule has 5 heteroatoms. The number of hydrogen-bond acceptors (Lipinski definition) is 3. The first kappa shape index (κ1) is 12.8. The Labute approximate surface area is 105 Å². The van der Waals surface area contributed by atoms with Crippen molar-refractivity contribution in [3.63, 3.8) is 0 Å². The van der Waals surface area contributed by atoms with Gasteiger partial charge in [0.25, 0.3) is 5.69 Å². The summed E-state index contributed by atoms with van der Waals surface area (Å²) < 4.78 is 13.6. The molecule has 0 aliphatic heterocycles. The van der Waals surface area contributed by atoms with E-state index < -0.39 is 10.7 Å². The molecule has 0 saturated heterocycles. The molecule has 98 valence electrons. The summed E-state index contributed by atoms with van der Waals surface area (Å²) in [5.41, 5.74) is 0.122. The standard InChI is InChI=1S/C13H17FN2O2/c1-9(7-10-3-2-4-10)15-13-6-5-11(16(17)18)8-12(13)14/h5-6,8-10,15H,2-4,7H2,1H3. The van der Waals surface area contributed by atoms with Crippen molar-refractivity contribution < 1.29 is 9.31 Å². The molecule has 0 aromatic heterocycles. The van der Waals surface area contributed by atoms with Crippen LogP contribution in [0.5, 0.6) is 0 Å². The number of rotatable bonds is 5. The Bertz CT molecular complexity index is 447. The molecule has 18 heavy (non-hydrogen) atoms. The van der Waals surface area contributed by atoms with Gasteiger partial charge < -0.3 is 5.32 Å². The minimum atomic E-state index is -0.593. The summed E-state index contributed by atoms with van der Waals surface area (Å²) >= 11 is 0. The van der Waals surface area contributed by atoms with Crippen LogP contribution in [0.1, 0.15) is 32.6 Å². The van der Waals surface area contributed by atoms with E-state index in [1.165, 1.54) is 31.4 Å².